The van der Waals surface area contributed by atoms with Gasteiger partial charge in [-0.2, -0.15) is 0 Å². The first-order chi connectivity index (χ1) is 31.5. The Morgan fingerprint density at radius 3 is 1.02 bits per heavy atom. The summed E-state index contributed by atoms with van der Waals surface area (Å²) in [6.07, 6.45) is 67.1. The second-order valence-corrected chi connectivity index (χ2v) is 17.4. The Bertz CT molecular complexity index is 1250. The van der Waals surface area contributed by atoms with Crippen LogP contribution in [-0.2, 0) is 28.6 Å². The number of hydrogen-bond acceptors (Lipinski definition) is 6. The summed E-state index contributed by atoms with van der Waals surface area (Å²) in [5.41, 5.74) is 0. The van der Waals surface area contributed by atoms with Crippen molar-refractivity contribution in [1.82, 2.24) is 0 Å². The maximum absolute atomic E-state index is 12.8. The molecule has 0 spiro atoms. The van der Waals surface area contributed by atoms with Crippen LogP contribution in [0.1, 0.15) is 245 Å². The lowest BCUT2D eigenvalue weighted by molar-refractivity contribution is -0.167. The molecule has 0 saturated heterocycles. The van der Waals surface area contributed by atoms with E-state index in [9.17, 15) is 14.4 Å². The molecule has 0 aromatic rings. The zero-order valence-electron chi connectivity index (χ0n) is 41.8. The van der Waals surface area contributed by atoms with Crippen LogP contribution in [0.2, 0.25) is 0 Å². The lowest BCUT2D eigenvalue weighted by atomic mass is 10.1. The molecule has 0 radical (unpaired) electrons. The first-order valence-corrected chi connectivity index (χ1v) is 26.6. The Kier molecular flexibility index (Phi) is 49.4. The fourth-order valence-electron chi connectivity index (χ4n) is 7.10. The van der Waals surface area contributed by atoms with Crippen molar-refractivity contribution in [2.45, 2.75) is 252 Å². The van der Waals surface area contributed by atoms with Gasteiger partial charge in [0.15, 0.2) is 6.10 Å². The van der Waals surface area contributed by atoms with Crippen LogP contribution >= 0.6 is 0 Å². The van der Waals surface area contributed by atoms with Crippen molar-refractivity contribution in [2.75, 3.05) is 13.2 Å². The van der Waals surface area contributed by atoms with Crippen molar-refractivity contribution in [3.05, 3.63) is 85.1 Å². The summed E-state index contributed by atoms with van der Waals surface area (Å²) in [5.74, 6) is -0.945. The average molecular weight is 891 g/mol. The monoisotopic (exact) mass is 891 g/mol. The number of carbonyl (C=O) groups excluding carboxylic acids is 3. The Balaban J connectivity index is 4.46. The summed E-state index contributed by atoms with van der Waals surface area (Å²) >= 11 is 0. The predicted molar refractivity (Wildman–Crippen MR) is 274 cm³/mol. The van der Waals surface area contributed by atoms with Crippen LogP contribution < -0.4 is 0 Å². The molecule has 0 aromatic heterocycles. The lowest BCUT2D eigenvalue weighted by Gasteiger charge is -2.18. The largest absolute Gasteiger partial charge is 0.462 e. The standard InChI is InChI=1S/C58H98O6/c1-4-7-10-13-16-19-22-25-27-28-29-30-32-33-36-39-42-45-48-51-57(60)63-54-55(53-62-56(59)50-47-44-41-38-35-24-21-18-15-12-9-6-3)64-58(61)52-49-46-43-40-37-34-31-26-23-20-17-14-11-8-5-2/h7,10,16,18-19,21,25-27,29-31,33,36,55H,4-6,8-9,11-15,17,20,22-24,28,32,34-35,37-54H2,1-3H3/b10-7-,19-16-,21-18-,27-25-,30-29-,31-26-,36-33-. The van der Waals surface area contributed by atoms with Crippen molar-refractivity contribution in [1.29, 1.82) is 0 Å². The number of unbranched alkanes of at least 4 members (excludes halogenated alkanes) is 22. The van der Waals surface area contributed by atoms with Crippen molar-refractivity contribution in [3.8, 4) is 0 Å². The SMILES string of the molecule is CC/C=C\C/C=C\C/C=C\C/C=C\C/C=C\CCCCCC(=O)OCC(COC(=O)CCCCCCC/C=C\CCCCC)OC(=O)CCCCCCC/C=C\CCCCCCCC. The predicted octanol–water partition coefficient (Wildman–Crippen LogP) is 17.6. The van der Waals surface area contributed by atoms with Crippen LogP contribution in [0.25, 0.3) is 0 Å². The maximum atomic E-state index is 12.8. The summed E-state index contributed by atoms with van der Waals surface area (Å²) in [5, 5.41) is 0. The van der Waals surface area contributed by atoms with E-state index >= 15 is 0 Å². The summed E-state index contributed by atoms with van der Waals surface area (Å²) in [4.78, 5) is 38.0. The summed E-state index contributed by atoms with van der Waals surface area (Å²) in [6, 6.07) is 0. The third-order valence-corrected chi connectivity index (χ3v) is 11.1. The number of allylic oxidation sites excluding steroid dienone is 14. The van der Waals surface area contributed by atoms with Gasteiger partial charge in [-0.25, -0.2) is 0 Å². The van der Waals surface area contributed by atoms with Crippen molar-refractivity contribution in [2.24, 2.45) is 0 Å². The molecule has 6 nitrogen and oxygen atoms in total. The summed E-state index contributed by atoms with van der Waals surface area (Å²) in [7, 11) is 0. The molecular weight excluding hydrogens is 793 g/mol. The first kappa shape index (κ1) is 60.6. The smallest absolute Gasteiger partial charge is 0.306 e. The van der Waals surface area contributed by atoms with E-state index < -0.39 is 6.10 Å². The minimum Gasteiger partial charge on any atom is -0.462 e. The molecule has 0 aromatic carbocycles. The van der Waals surface area contributed by atoms with Crippen LogP contribution in [0.15, 0.2) is 85.1 Å². The van der Waals surface area contributed by atoms with E-state index in [-0.39, 0.29) is 31.1 Å². The zero-order chi connectivity index (χ0) is 46.5. The van der Waals surface area contributed by atoms with E-state index in [1.54, 1.807) is 0 Å². The Hall–Kier alpha value is -3.41. The third-order valence-electron chi connectivity index (χ3n) is 11.1. The normalized spacial score (nSPS) is 12.7. The van der Waals surface area contributed by atoms with Crippen LogP contribution in [0.3, 0.4) is 0 Å². The Morgan fingerprint density at radius 1 is 0.328 bits per heavy atom. The molecule has 0 aliphatic carbocycles. The van der Waals surface area contributed by atoms with Crippen molar-refractivity contribution < 1.29 is 28.6 Å². The van der Waals surface area contributed by atoms with Crippen LogP contribution in [0.5, 0.6) is 0 Å². The lowest BCUT2D eigenvalue weighted by Crippen LogP contribution is -2.30. The van der Waals surface area contributed by atoms with Gasteiger partial charge in [0.2, 0.25) is 0 Å². The Labute approximate surface area is 395 Å². The van der Waals surface area contributed by atoms with Crippen LogP contribution in [0, 0.1) is 0 Å². The zero-order valence-corrected chi connectivity index (χ0v) is 41.8. The van der Waals surface area contributed by atoms with Crippen LogP contribution in [0.4, 0.5) is 0 Å². The minimum absolute atomic E-state index is 0.0952. The highest BCUT2D eigenvalue weighted by molar-refractivity contribution is 5.71. The second kappa shape index (κ2) is 52.2. The van der Waals surface area contributed by atoms with Gasteiger partial charge < -0.3 is 14.2 Å². The highest BCUT2D eigenvalue weighted by Crippen LogP contribution is 2.13. The second-order valence-electron chi connectivity index (χ2n) is 17.4. The van der Waals surface area contributed by atoms with E-state index in [0.717, 1.165) is 116 Å². The molecule has 0 amide bonds. The number of hydrogen-bond donors (Lipinski definition) is 0. The highest BCUT2D eigenvalue weighted by atomic mass is 16.6. The first-order valence-electron chi connectivity index (χ1n) is 26.6. The van der Waals surface area contributed by atoms with Gasteiger partial charge in [0.1, 0.15) is 13.2 Å². The van der Waals surface area contributed by atoms with Crippen LogP contribution in [-0.4, -0.2) is 37.2 Å². The third kappa shape index (κ3) is 49.6. The van der Waals surface area contributed by atoms with E-state index in [0.29, 0.717) is 19.3 Å². The molecule has 0 fully saturated rings. The number of esters is 3. The molecule has 64 heavy (non-hydrogen) atoms. The molecule has 1 atom stereocenters. The van der Waals surface area contributed by atoms with Gasteiger partial charge in [-0.1, -0.05) is 196 Å². The highest BCUT2D eigenvalue weighted by Gasteiger charge is 2.19. The molecule has 0 bridgehead atoms. The molecule has 0 saturated carbocycles. The van der Waals surface area contributed by atoms with E-state index in [2.05, 4.69) is 106 Å². The summed E-state index contributed by atoms with van der Waals surface area (Å²) in [6.45, 7) is 6.45. The molecule has 0 heterocycles. The molecule has 1 unspecified atom stereocenters. The average Bonchev–Trinajstić information content (AvgIpc) is 3.29. The molecule has 0 aliphatic rings. The van der Waals surface area contributed by atoms with Gasteiger partial charge >= 0.3 is 17.9 Å². The molecule has 6 heteroatoms. The van der Waals surface area contributed by atoms with Gasteiger partial charge in [-0.3, -0.25) is 14.4 Å². The molecule has 366 valence electrons. The van der Waals surface area contributed by atoms with Gasteiger partial charge in [-0.05, 0) is 116 Å². The minimum atomic E-state index is -0.797. The van der Waals surface area contributed by atoms with Crippen molar-refractivity contribution in [3.63, 3.8) is 0 Å². The molecule has 0 rings (SSSR count). The summed E-state index contributed by atoms with van der Waals surface area (Å²) < 4.78 is 16.8. The molecule has 0 aliphatic heterocycles. The van der Waals surface area contributed by atoms with Gasteiger partial charge in [-0.15, -0.1) is 0 Å². The van der Waals surface area contributed by atoms with Crippen molar-refractivity contribution >= 4 is 17.9 Å². The number of carbonyl (C=O) groups is 3. The fraction of sp³-hybridized carbons (Fsp3) is 0.707. The van der Waals surface area contributed by atoms with Gasteiger partial charge in [0.05, 0.1) is 0 Å². The molecule has 0 N–H and O–H groups in total. The van der Waals surface area contributed by atoms with E-state index in [1.165, 1.54) is 89.9 Å². The topological polar surface area (TPSA) is 78.9 Å². The number of ether oxygens (including phenoxy) is 3. The van der Waals surface area contributed by atoms with E-state index in [4.69, 9.17) is 14.2 Å². The molecular formula is C58H98O6. The fourth-order valence-corrected chi connectivity index (χ4v) is 7.10. The quantitative estimate of drug-likeness (QED) is 0.0262. The maximum Gasteiger partial charge on any atom is 0.306 e. The van der Waals surface area contributed by atoms with E-state index in [1.807, 2.05) is 0 Å². The Morgan fingerprint density at radius 2 is 0.609 bits per heavy atom. The van der Waals surface area contributed by atoms with Gasteiger partial charge in [0.25, 0.3) is 0 Å². The van der Waals surface area contributed by atoms with Gasteiger partial charge in [0, 0.05) is 19.3 Å². The number of rotatable bonds is 47.